The Morgan fingerprint density at radius 3 is 1.71 bits per heavy atom. The molecule has 0 bridgehead atoms. The summed E-state index contributed by atoms with van der Waals surface area (Å²) in [6.45, 7) is -0.311. The Morgan fingerprint density at radius 2 is 1.36 bits per heavy atom. The molecule has 0 heterocycles. The largest absolute Gasteiger partial charge is 0.396 e. The number of Topliss-reactive ketones (excluding diaryl/α,β-unsaturated/α-hetero) is 1. The molecule has 0 atom stereocenters. The molecule has 0 radical (unpaired) electrons. The summed E-state index contributed by atoms with van der Waals surface area (Å²) in [6.07, 6.45) is 2.85. The minimum Gasteiger partial charge on any atom is -0.396 e. The van der Waals surface area contributed by atoms with E-state index in [1.807, 2.05) is 0 Å². The van der Waals surface area contributed by atoms with Gasteiger partial charge >= 0.3 is 0 Å². The van der Waals surface area contributed by atoms with Gasteiger partial charge in [-0.05, 0) is 25.0 Å². The topological polar surface area (TPSA) is 74.6 Å². The zero-order valence-corrected chi connectivity index (χ0v) is 7.69. The lowest BCUT2D eigenvalue weighted by molar-refractivity contribution is -0.115. The highest BCUT2D eigenvalue weighted by Gasteiger charge is 2.20. The molecule has 0 aliphatic heterocycles. The number of hydrogen-bond donors (Lipinski definition) is 2. The van der Waals surface area contributed by atoms with Crippen LogP contribution in [-0.2, 0) is 9.59 Å². The summed E-state index contributed by atoms with van der Waals surface area (Å²) in [5, 5.41) is 17.3. The normalized spacial score (nSPS) is 16.7. The molecule has 0 aromatic heterocycles. The maximum atomic E-state index is 11.5. The van der Waals surface area contributed by atoms with Gasteiger partial charge < -0.3 is 10.2 Å². The zero-order valence-electron chi connectivity index (χ0n) is 7.69. The van der Waals surface area contributed by atoms with Gasteiger partial charge in [0, 0.05) is 24.4 Å². The summed E-state index contributed by atoms with van der Waals surface area (Å²) in [7, 11) is 0. The molecule has 1 rings (SSSR count). The lowest BCUT2D eigenvalue weighted by Gasteiger charge is -2.11. The average molecular weight is 196 g/mol. The van der Waals surface area contributed by atoms with E-state index in [0.29, 0.717) is 11.1 Å². The number of aliphatic hydroxyl groups excluding tert-OH is 2. The summed E-state index contributed by atoms with van der Waals surface area (Å²) < 4.78 is 0. The second-order valence-electron chi connectivity index (χ2n) is 3.02. The Balaban J connectivity index is 2.83. The van der Waals surface area contributed by atoms with Crippen LogP contribution in [-0.4, -0.2) is 35.0 Å². The van der Waals surface area contributed by atoms with Crippen LogP contribution in [0.15, 0.2) is 23.3 Å². The molecule has 2 N–H and O–H groups in total. The third kappa shape index (κ3) is 2.37. The van der Waals surface area contributed by atoms with E-state index >= 15 is 0 Å². The quantitative estimate of drug-likeness (QED) is 0.608. The molecule has 4 nitrogen and oxygen atoms in total. The smallest absolute Gasteiger partial charge is 0.185 e. The number of rotatable bonds is 4. The third-order valence-corrected chi connectivity index (χ3v) is 1.98. The van der Waals surface area contributed by atoms with Crippen molar-refractivity contribution in [1.82, 2.24) is 0 Å². The molecule has 0 aromatic rings. The van der Waals surface area contributed by atoms with Gasteiger partial charge in [-0.3, -0.25) is 9.59 Å². The molecule has 1 aliphatic carbocycles. The van der Waals surface area contributed by atoms with Crippen molar-refractivity contribution in [3.63, 3.8) is 0 Å². The Hall–Kier alpha value is -1.26. The van der Waals surface area contributed by atoms with Gasteiger partial charge in [0.25, 0.3) is 0 Å². The Kier molecular flexibility index (Phi) is 3.73. The Morgan fingerprint density at radius 1 is 0.929 bits per heavy atom. The van der Waals surface area contributed by atoms with Crippen molar-refractivity contribution in [2.75, 3.05) is 13.2 Å². The number of ketones is 2. The van der Waals surface area contributed by atoms with Crippen molar-refractivity contribution in [2.24, 2.45) is 0 Å². The van der Waals surface area contributed by atoms with Crippen LogP contribution in [0.25, 0.3) is 0 Å². The molecule has 0 fully saturated rings. The van der Waals surface area contributed by atoms with Gasteiger partial charge in [0.2, 0.25) is 0 Å². The van der Waals surface area contributed by atoms with Crippen molar-refractivity contribution < 1.29 is 19.8 Å². The van der Waals surface area contributed by atoms with Crippen LogP contribution in [0.3, 0.4) is 0 Å². The SMILES string of the molecule is O=C1C=C(CCO)C(=O)C(CCO)=C1. The van der Waals surface area contributed by atoms with Gasteiger partial charge in [0.15, 0.2) is 11.6 Å². The van der Waals surface area contributed by atoms with Gasteiger partial charge in [-0.25, -0.2) is 0 Å². The molecular formula is C10H12O4. The van der Waals surface area contributed by atoms with E-state index in [1.165, 1.54) is 12.2 Å². The molecule has 0 amide bonds. The lowest BCUT2D eigenvalue weighted by Crippen LogP contribution is -2.16. The Bertz CT molecular complexity index is 284. The fourth-order valence-electron chi connectivity index (χ4n) is 1.33. The van der Waals surface area contributed by atoms with Crippen LogP contribution in [0.1, 0.15) is 12.8 Å². The first-order valence-electron chi connectivity index (χ1n) is 4.40. The van der Waals surface area contributed by atoms with E-state index < -0.39 is 0 Å². The number of carbonyl (C=O) groups is 2. The van der Waals surface area contributed by atoms with Crippen LogP contribution in [0.4, 0.5) is 0 Å². The molecule has 0 saturated heterocycles. The standard InChI is InChI=1S/C10H12O4/c11-3-1-7-5-9(13)6-8(2-4-12)10(7)14/h5-6,11-12H,1-4H2. The van der Waals surface area contributed by atoms with Crippen molar-refractivity contribution in [3.8, 4) is 0 Å². The van der Waals surface area contributed by atoms with E-state index in [1.54, 1.807) is 0 Å². The van der Waals surface area contributed by atoms with E-state index in [4.69, 9.17) is 10.2 Å². The number of allylic oxidation sites excluding steroid dienone is 2. The van der Waals surface area contributed by atoms with Crippen molar-refractivity contribution >= 4 is 11.6 Å². The second-order valence-corrected chi connectivity index (χ2v) is 3.02. The summed E-state index contributed by atoms with van der Waals surface area (Å²) in [4.78, 5) is 22.7. The maximum absolute atomic E-state index is 11.5. The Labute approximate surface area is 81.6 Å². The van der Waals surface area contributed by atoms with Gasteiger partial charge in [0.1, 0.15) is 0 Å². The first-order valence-corrected chi connectivity index (χ1v) is 4.40. The first kappa shape index (κ1) is 10.8. The highest BCUT2D eigenvalue weighted by atomic mass is 16.3. The molecule has 14 heavy (non-hydrogen) atoms. The van der Waals surface area contributed by atoms with Gasteiger partial charge in [0.05, 0.1) is 0 Å². The number of aliphatic hydroxyl groups is 2. The summed E-state index contributed by atoms with van der Waals surface area (Å²) in [5.41, 5.74) is 0.645. The minimum atomic E-state index is -0.253. The summed E-state index contributed by atoms with van der Waals surface area (Å²) in [5.74, 6) is -0.496. The number of carbonyl (C=O) groups excluding carboxylic acids is 2. The lowest BCUT2D eigenvalue weighted by atomic mass is 9.92. The molecule has 1 aliphatic rings. The van der Waals surface area contributed by atoms with Crippen LogP contribution in [0.5, 0.6) is 0 Å². The number of hydrogen-bond acceptors (Lipinski definition) is 4. The highest BCUT2D eigenvalue weighted by Crippen LogP contribution is 2.17. The van der Waals surface area contributed by atoms with E-state index in [9.17, 15) is 9.59 Å². The first-order chi connectivity index (χ1) is 6.69. The highest BCUT2D eigenvalue weighted by molar-refractivity contribution is 6.20. The molecule has 0 saturated carbocycles. The molecule has 0 spiro atoms. The third-order valence-electron chi connectivity index (χ3n) is 1.98. The van der Waals surface area contributed by atoms with Crippen molar-refractivity contribution in [2.45, 2.75) is 12.8 Å². The molecule has 0 aromatic carbocycles. The monoisotopic (exact) mass is 196 g/mol. The van der Waals surface area contributed by atoms with Gasteiger partial charge in [-0.15, -0.1) is 0 Å². The fraction of sp³-hybridized carbons (Fsp3) is 0.400. The van der Waals surface area contributed by atoms with E-state index in [-0.39, 0.29) is 37.6 Å². The average Bonchev–Trinajstić information content (AvgIpc) is 2.14. The van der Waals surface area contributed by atoms with E-state index in [0.717, 1.165) is 0 Å². The predicted octanol–water partition coefficient (Wildman–Crippen LogP) is -0.244. The molecule has 4 heteroatoms. The molecular weight excluding hydrogens is 184 g/mol. The van der Waals surface area contributed by atoms with Crippen LogP contribution in [0.2, 0.25) is 0 Å². The second kappa shape index (κ2) is 4.83. The zero-order chi connectivity index (χ0) is 10.6. The maximum Gasteiger partial charge on any atom is 0.185 e. The fourth-order valence-corrected chi connectivity index (χ4v) is 1.33. The van der Waals surface area contributed by atoms with Crippen LogP contribution < -0.4 is 0 Å². The molecule has 76 valence electrons. The van der Waals surface area contributed by atoms with Crippen LogP contribution >= 0.6 is 0 Å². The minimum absolute atomic E-state index is 0.155. The predicted molar refractivity (Wildman–Crippen MR) is 49.6 cm³/mol. The van der Waals surface area contributed by atoms with E-state index in [2.05, 4.69) is 0 Å². The summed E-state index contributed by atoms with van der Waals surface area (Å²) >= 11 is 0. The van der Waals surface area contributed by atoms with Gasteiger partial charge in [-0.2, -0.15) is 0 Å². The van der Waals surface area contributed by atoms with Crippen molar-refractivity contribution in [1.29, 1.82) is 0 Å². The molecule has 0 unspecified atom stereocenters. The van der Waals surface area contributed by atoms with Gasteiger partial charge in [-0.1, -0.05) is 0 Å². The summed E-state index contributed by atoms with van der Waals surface area (Å²) in [6, 6.07) is 0. The van der Waals surface area contributed by atoms with Crippen LogP contribution in [0, 0.1) is 0 Å². The van der Waals surface area contributed by atoms with Crippen molar-refractivity contribution in [3.05, 3.63) is 23.3 Å².